The Morgan fingerprint density at radius 2 is 2.17 bits per heavy atom. The lowest BCUT2D eigenvalue weighted by Gasteiger charge is -2.11. The van der Waals surface area contributed by atoms with Crippen LogP contribution in [0.15, 0.2) is 48.9 Å². The minimum absolute atomic E-state index is 0.245. The van der Waals surface area contributed by atoms with Crippen LogP contribution < -0.4 is 0 Å². The predicted molar refractivity (Wildman–Crippen MR) is 92.5 cm³/mol. The van der Waals surface area contributed by atoms with Gasteiger partial charge in [-0.1, -0.05) is 17.7 Å². The molecule has 0 amide bonds. The Bertz CT molecular complexity index is 875. The SMILES string of the molecule is CCOC(=O)c1cn(-c2cc(Cl)ccc2C)c(-c2cccnc2)n1. The number of aryl methyl sites for hydroxylation is 1. The van der Waals surface area contributed by atoms with Crippen LogP contribution in [0.4, 0.5) is 0 Å². The second-order valence-corrected chi connectivity index (χ2v) is 5.65. The molecule has 3 rings (SSSR count). The smallest absolute Gasteiger partial charge is 0.358 e. The standard InChI is InChI=1S/C18H16ClN3O2/c1-3-24-18(23)15-11-22(16-9-14(19)7-6-12(16)2)17(21-15)13-5-4-8-20-10-13/h4-11H,3H2,1-2H3. The molecular weight excluding hydrogens is 326 g/mol. The van der Waals surface area contributed by atoms with Crippen molar-refractivity contribution in [3.8, 4) is 17.1 Å². The summed E-state index contributed by atoms with van der Waals surface area (Å²) in [7, 11) is 0. The topological polar surface area (TPSA) is 57.0 Å². The van der Waals surface area contributed by atoms with Gasteiger partial charge in [-0.25, -0.2) is 9.78 Å². The molecule has 6 heteroatoms. The molecule has 0 aliphatic carbocycles. The van der Waals surface area contributed by atoms with E-state index in [0.29, 0.717) is 17.5 Å². The number of carbonyl (C=O) groups is 1. The number of ether oxygens (including phenoxy) is 1. The number of hydrogen-bond donors (Lipinski definition) is 0. The van der Waals surface area contributed by atoms with Crippen LogP contribution >= 0.6 is 11.6 Å². The molecule has 0 N–H and O–H groups in total. The van der Waals surface area contributed by atoms with E-state index >= 15 is 0 Å². The molecule has 0 unspecified atom stereocenters. The Morgan fingerprint density at radius 1 is 1.33 bits per heavy atom. The van der Waals surface area contributed by atoms with Crippen molar-refractivity contribution in [2.45, 2.75) is 13.8 Å². The Balaban J connectivity index is 2.20. The summed E-state index contributed by atoms with van der Waals surface area (Å²) in [6.07, 6.45) is 5.06. The molecule has 0 saturated heterocycles. The van der Waals surface area contributed by atoms with Crippen molar-refractivity contribution >= 4 is 17.6 Å². The van der Waals surface area contributed by atoms with Gasteiger partial charge in [0.2, 0.25) is 0 Å². The molecule has 2 heterocycles. The number of benzene rings is 1. The lowest BCUT2D eigenvalue weighted by Crippen LogP contribution is -2.04. The molecule has 1 aromatic carbocycles. The number of nitrogens with zero attached hydrogens (tertiary/aromatic N) is 3. The van der Waals surface area contributed by atoms with E-state index in [1.165, 1.54) is 0 Å². The van der Waals surface area contributed by atoms with Gasteiger partial charge in [0.05, 0.1) is 12.3 Å². The third-order valence-electron chi connectivity index (χ3n) is 3.54. The lowest BCUT2D eigenvalue weighted by molar-refractivity contribution is 0.0520. The fraction of sp³-hybridized carbons (Fsp3) is 0.167. The highest BCUT2D eigenvalue weighted by atomic mass is 35.5. The molecule has 5 nitrogen and oxygen atoms in total. The van der Waals surface area contributed by atoms with Gasteiger partial charge in [-0.2, -0.15) is 0 Å². The summed E-state index contributed by atoms with van der Waals surface area (Å²) in [5.74, 6) is 0.151. The Labute approximate surface area is 144 Å². The Kier molecular flexibility index (Phi) is 4.62. The molecule has 3 aromatic rings. The number of carbonyl (C=O) groups excluding carboxylic acids is 1. The second-order valence-electron chi connectivity index (χ2n) is 5.21. The van der Waals surface area contributed by atoms with Crippen LogP contribution in [0.5, 0.6) is 0 Å². The maximum Gasteiger partial charge on any atom is 0.358 e. The van der Waals surface area contributed by atoms with E-state index in [-0.39, 0.29) is 5.69 Å². The quantitative estimate of drug-likeness (QED) is 0.671. The van der Waals surface area contributed by atoms with E-state index in [1.807, 2.05) is 41.8 Å². The summed E-state index contributed by atoms with van der Waals surface area (Å²) in [5, 5.41) is 0.610. The minimum atomic E-state index is -0.457. The molecule has 0 aliphatic heterocycles. The average molecular weight is 342 g/mol. The molecule has 0 fully saturated rings. The van der Waals surface area contributed by atoms with Gasteiger partial charge in [-0.3, -0.25) is 9.55 Å². The highest BCUT2D eigenvalue weighted by molar-refractivity contribution is 6.30. The first kappa shape index (κ1) is 16.2. The van der Waals surface area contributed by atoms with Crippen LogP contribution in [0.2, 0.25) is 5.02 Å². The molecule has 122 valence electrons. The second kappa shape index (κ2) is 6.84. The summed E-state index contributed by atoms with van der Waals surface area (Å²) in [4.78, 5) is 20.7. The molecule has 0 aliphatic rings. The zero-order valence-corrected chi connectivity index (χ0v) is 14.1. The molecule has 0 saturated carbocycles. The van der Waals surface area contributed by atoms with Crippen molar-refractivity contribution < 1.29 is 9.53 Å². The lowest BCUT2D eigenvalue weighted by atomic mass is 10.2. The van der Waals surface area contributed by atoms with Crippen molar-refractivity contribution in [2.75, 3.05) is 6.61 Å². The van der Waals surface area contributed by atoms with Crippen molar-refractivity contribution in [1.29, 1.82) is 0 Å². The average Bonchev–Trinajstić information content (AvgIpc) is 3.03. The van der Waals surface area contributed by atoms with Crippen molar-refractivity contribution in [3.63, 3.8) is 0 Å². The zero-order chi connectivity index (χ0) is 17.1. The molecule has 0 atom stereocenters. The van der Waals surface area contributed by atoms with Crippen LogP contribution in [0.25, 0.3) is 17.1 Å². The molecular formula is C18H16ClN3O2. The van der Waals surface area contributed by atoms with Gasteiger partial charge in [0.1, 0.15) is 5.82 Å². The number of hydrogen-bond acceptors (Lipinski definition) is 4. The van der Waals surface area contributed by atoms with Gasteiger partial charge in [0, 0.05) is 29.2 Å². The first-order valence-corrected chi connectivity index (χ1v) is 7.91. The van der Waals surface area contributed by atoms with E-state index in [4.69, 9.17) is 16.3 Å². The number of halogens is 1. The first-order chi connectivity index (χ1) is 11.6. The maximum absolute atomic E-state index is 12.1. The van der Waals surface area contributed by atoms with E-state index < -0.39 is 5.97 Å². The maximum atomic E-state index is 12.1. The van der Waals surface area contributed by atoms with Crippen molar-refractivity contribution in [1.82, 2.24) is 14.5 Å². The highest BCUT2D eigenvalue weighted by Crippen LogP contribution is 2.26. The third kappa shape index (κ3) is 3.16. The molecule has 24 heavy (non-hydrogen) atoms. The Morgan fingerprint density at radius 3 is 2.88 bits per heavy atom. The summed E-state index contributed by atoms with van der Waals surface area (Å²) < 4.78 is 6.90. The number of aromatic nitrogens is 3. The minimum Gasteiger partial charge on any atom is -0.461 e. The van der Waals surface area contributed by atoms with Crippen LogP contribution in [0, 0.1) is 6.92 Å². The van der Waals surface area contributed by atoms with E-state index in [0.717, 1.165) is 16.8 Å². The summed E-state index contributed by atoms with van der Waals surface area (Å²) in [6, 6.07) is 9.30. The van der Waals surface area contributed by atoms with Gasteiger partial charge in [-0.15, -0.1) is 0 Å². The predicted octanol–water partition coefficient (Wildman–Crippen LogP) is 4.07. The molecule has 0 radical (unpaired) electrons. The number of pyridine rings is 1. The van der Waals surface area contributed by atoms with Crippen LogP contribution in [-0.4, -0.2) is 27.1 Å². The van der Waals surface area contributed by atoms with Gasteiger partial charge in [0.15, 0.2) is 5.69 Å². The first-order valence-electron chi connectivity index (χ1n) is 7.53. The van der Waals surface area contributed by atoms with Gasteiger partial charge in [0.25, 0.3) is 0 Å². The fourth-order valence-corrected chi connectivity index (χ4v) is 2.57. The van der Waals surface area contributed by atoms with Gasteiger partial charge in [-0.05, 0) is 43.7 Å². The normalized spacial score (nSPS) is 10.6. The zero-order valence-electron chi connectivity index (χ0n) is 13.4. The largest absolute Gasteiger partial charge is 0.461 e. The summed E-state index contributed by atoms with van der Waals surface area (Å²) >= 11 is 6.15. The molecule has 2 aromatic heterocycles. The fourth-order valence-electron chi connectivity index (χ4n) is 2.41. The Hall–Kier alpha value is -2.66. The van der Waals surface area contributed by atoms with Crippen molar-refractivity contribution in [2.24, 2.45) is 0 Å². The number of esters is 1. The van der Waals surface area contributed by atoms with Gasteiger partial charge < -0.3 is 4.74 Å². The monoisotopic (exact) mass is 341 g/mol. The molecule has 0 bridgehead atoms. The number of imidazole rings is 1. The van der Waals surface area contributed by atoms with Gasteiger partial charge >= 0.3 is 5.97 Å². The van der Waals surface area contributed by atoms with Crippen LogP contribution in [-0.2, 0) is 4.74 Å². The summed E-state index contributed by atoms with van der Waals surface area (Å²) in [6.45, 7) is 4.03. The highest BCUT2D eigenvalue weighted by Gasteiger charge is 2.18. The van der Waals surface area contributed by atoms with E-state index in [2.05, 4.69) is 9.97 Å². The summed E-state index contributed by atoms with van der Waals surface area (Å²) in [5.41, 5.74) is 2.91. The van der Waals surface area contributed by atoms with Crippen molar-refractivity contribution in [3.05, 3.63) is 65.2 Å². The number of rotatable bonds is 4. The van der Waals surface area contributed by atoms with Crippen LogP contribution in [0.1, 0.15) is 23.0 Å². The third-order valence-corrected chi connectivity index (χ3v) is 3.78. The van der Waals surface area contributed by atoms with Crippen LogP contribution in [0.3, 0.4) is 0 Å². The van der Waals surface area contributed by atoms with E-state index in [1.54, 1.807) is 25.5 Å². The van der Waals surface area contributed by atoms with E-state index in [9.17, 15) is 4.79 Å². The molecule has 0 spiro atoms.